The Morgan fingerprint density at radius 2 is 1.94 bits per heavy atom. The van der Waals surface area contributed by atoms with E-state index in [4.69, 9.17) is 0 Å². The number of carbonyl (C=O) groups excluding carboxylic acids is 1. The van der Waals surface area contributed by atoms with Gasteiger partial charge in [-0.15, -0.1) is 0 Å². The van der Waals surface area contributed by atoms with E-state index in [1.807, 2.05) is 0 Å². The van der Waals surface area contributed by atoms with Crippen LogP contribution in [0.5, 0.6) is 0 Å². The number of amides is 2. The predicted molar refractivity (Wildman–Crippen MR) is 70.5 cm³/mol. The second-order valence-electron chi connectivity index (χ2n) is 6.00. The van der Waals surface area contributed by atoms with Crippen LogP contribution in [0.25, 0.3) is 0 Å². The van der Waals surface area contributed by atoms with Crippen molar-refractivity contribution in [3.63, 3.8) is 0 Å². The lowest BCUT2D eigenvalue weighted by molar-refractivity contribution is 0.181. The molecule has 0 bridgehead atoms. The molecule has 0 aliphatic carbocycles. The summed E-state index contributed by atoms with van der Waals surface area (Å²) in [5.74, 6) is 0.644. The smallest absolute Gasteiger partial charge is 0.318 e. The fraction of sp³-hybridized carbons (Fsp3) is 0.923. The molecule has 0 radical (unpaired) electrons. The van der Waals surface area contributed by atoms with Gasteiger partial charge in [0.2, 0.25) is 0 Å². The summed E-state index contributed by atoms with van der Waals surface area (Å²) < 4.78 is 0. The van der Waals surface area contributed by atoms with E-state index in [0.717, 1.165) is 39.0 Å². The van der Waals surface area contributed by atoms with E-state index in [1.54, 1.807) is 0 Å². The van der Waals surface area contributed by atoms with Gasteiger partial charge < -0.3 is 20.4 Å². The maximum absolute atomic E-state index is 12.1. The number of likely N-dealkylation sites (tertiary alicyclic amines) is 1. The molecule has 0 aromatic heterocycles. The van der Waals surface area contributed by atoms with Gasteiger partial charge in [0.15, 0.2) is 0 Å². The molecule has 18 heavy (non-hydrogen) atoms. The molecule has 3 aliphatic rings. The molecule has 2 N–H and O–H groups in total. The van der Waals surface area contributed by atoms with E-state index in [0.29, 0.717) is 18.0 Å². The fourth-order valence-electron chi connectivity index (χ4n) is 3.58. The number of nitrogens with one attached hydrogen (secondary N) is 2. The Balaban J connectivity index is 1.59. The van der Waals surface area contributed by atoms with Gasteiger partial charge in [-0.25, -0.2) is 4.79 Å². The maximum Gasteiger partial charge on any atom is 0.318 e. The summed E-state index contributed by atoms with van der Waals surface area (Å²) in [5, 5.41) is 6.56. The Hall–Kier alpha value is -0.810. The lowest BCUT2D eigenvalue weighted by Crippen LogP contribution is -2.44. The second kappa shape index (κ2) is 5.05. The number of hydrogen-bond donors (Lipinski definition) is 2. The lowest BCUT2D eigenvalue weighted by Gasteiger charge is -2.30. The number of rotatable bonds is 2. The summed E-state index contributed by atoms with van der Waals surface area (Å²) in [6.45, 7) is 5.31. The molecule has 3 saturated heterocycles. The Morgan fingerprint density at radius 3 is 2.61 bits per heavy atom. The van der Waals surface area contributed by atoms with Crippen LogP contribution < -0.4 is 10.6 Å². The van der Waals surface area contributed by atoms with Crippen molar-refractivity contribution in [3.8, 4) is 0 Å². The quantitative estimate of drug-likeness (QED) is 0.732. The molecular weight excluding hydrogens is 228 g/mol. The molecule has 2 amide bonds. The first-order valence-electron chi connectivity index (χ1n) is 7.20. The van der Waals surface area contributed by atoms with E-state index in [2.05, 4.69) is 27.5 Å². The average molecular weight is 252 g/mol. The highest BCUT2D eigenvalue weighted by molar-refractivity contribution is 5.77. The largest absolute Gasteiger partial charge is 0.333 e. The van der Waals surface area contributed by atoms with Crippen molar-refractivity contribution < 1.29 is 4.79 Å². The fourth-order valence-corrected chi connectivity index (χ4v) is 3.58. The SMILES string of the molecule is CN1CCC(C2CN(C3CCNCC3)C(=O)N2)C1. The molecule has 0 aromatic rings. The van der Waals surface area contributed by atoms with Gasteiger partial charge in [-0.3, -0.25) is 0 Å². The van der Waals surface area contributed by atoms with Gasteiger partial charge in [0.25, 0.3) is 0 Å². The van der Waals surface area contributed by atoms with Gasteiger partial charge >= 0.3 is 6.03 Å². The summed E-state index contributed by atoms with van der Waals surface area (Å²) in [4.78, 5) is 16.6. The van der Waals surface area contributed by atoms with E-state index in [1.165, 1.54) is 13.0 Å². The maximum atomic E-state index is 12.1. The van der Waals surface area contributed by atoms with E-state index in [-0.39, 0.29) is 6.03 Å². The highest BCUT2D eigenvalue weighted by Gasteiger charge is 2.39. The normalized spacial score (nSPS) is 35.2. The summed E-state index contributed by atoms with van der Waals surface area (Å²) in [6, 6.07) is 0.995. The Kier molecular flexibility index (Phi) is 3.43. The molecular formula is C13H24N4O. The third-order valence-electron chi connectivity index (χ3n) is 4.71. The van der Waals surface area contributed by atoms with E-state index in [9.17, 15) is 4.79 Å². The van der Waals surface area contributed by atoms with E-state index >= 15 is 0 Å². The summed E-state index contributed by atoms with van der Waals surface area (Å²) in [5.41, 5.74) is 0. The van der Waals surface area contributed by atoms with Crippen LogP contribution in [0.2, 0.25) is 0 Å². The minimum Gasteiger partial charge on any atom is -0.333 e. The minimum atomic E-state index is 0.168. The van der Waals surface area contributed by atoms with Gasteiger partial charge in [-0.1, -0.05) is 0 Å². The van der Waals surface area contributed by atoms with Crippen LogP contribution >= 0.6 is 0 Å². The molecule has 2 atom stereocenters. The number of urea groups is 1. The molecule has 0 spiro atoms. The number of nitrogens with zero attached hydrogens (tertiary/aromatic N) is 2. The first kappa shape index (κ1) is 12.2. The van der Waals surface area contributed by atoms with Crippen LogP contribution in [0.3, 0.4) is 0 Å². The van der Waals surface area contributed by atoms with Gasteiger partial charge in [-0.05, 0) is 51.9 Å². The third-order valence-corrected chi connectivity index (χ3v) is 4.71. The van der Waals surface area contributed by atoms with Crippen molar-refractivity contribution in [1.82, 2.24) is 20.4 Å². The third kappa shape index (κ3) is 2.34. The molecule has 3 aliphatic heterocycles. The van der Waals surface area contributed by atoms with Gasteiger partial charge in [-0.2, -0.15) is 0 Å². The van der Waals surface area contributed by atoms with Gasteiger partial charge in [0, 0.05) is 19.1 Å². The monoisotopic (exact) mass is 252 g/mol. The Morgan fingerprint density at radius 1 is 1.17 bits per heavy atom. The summed E-state index contributed by atoms with van der Waals surface area (Å²) in [7, 11) is 2.17. The van der Waals surface area contributed by atoms with Crippen molar-refractivity contribution in [2.45, 2.75) is 31.3 Å². The van der Waals surface area contributed by atoms with Gasteiger partial charge in [0.05, 0.1) is 6.04 Å². The molecule has 3 heterocycles. The Labute approximate surface area is 109 Å². The summed E-state index contributed by atoms with van der Waals surface area (Å²) in [6.07, 6.45) is 3.43. The molecule has 2 unspecified atom stereocenters. The van der Waals surface area contributed by atoms with Gasteiger partial charge in [0.1, 0.15) is 0 Å². The minimum absolute atomic E-state index is 0.168. The van der Waals surface area contributed by atoms with Crippen LogP contribution in [-0.4, -0.2) is 67.7 Å². The average Bonchev–Trinajstić information content (AvgIpc) is 2.97. The first-order valence-corrected chi connectivity index (χ1v) is 7.20. The molecule has 5 nitrogen and oxygen atoms in total. The zero-order valence-electron chi connectivity index (χ0n) is 11.2. The van der Waals surface area contributed by atoms with Crippen molar-refractivity contribution in [3.05, 3.63) is 0 Å². The molecule has 3 fully saturated rings. The highest BCUT2D eigenvalue weighted by Crippen LogP contribution is 2.24. The highest BCUT2D eigenvalue weighted by atomic mass is 16.2. The zero-order valence-corrected chi connectivity index (χ0v) is 11.2. The second-order valence-corrected chi connectivity index (χ2v) is 6.00. The molecule has 102 valence electrons. The lowest BCUT2D eigenvalue weighted by atomic mass is 9.98. The van der Waals surface area contributed by atoms with Crippen LogP contribution in [0.4, 0.5) is 4.79 Å². The summed E-state index contributed by atoms with van der Waals surface area (Å²) >= 11 is 0. The predicted octanol–water partition coefficient (Wildman–Crippen LogP) is 0.0839. The van der Waals surface area contributed by atoms with Crippen LogP contribution in [0.15, 0.2) is 0 Å². The van der Waals surface area contributed by atoms with E-state index < -0.39 is 0 Å². The standard InChI is InChI=1S/C13H24N4O/c1-16-7-4-10(8-16)12-9-17(13(18)15-12)11-2-5-14-6-3-11/h10-12,14H,2-9H2,1H3,(H,15,18). The van der Waals surface area contributed by atoms with Crippen LogP contribution in [0.1, 0.15) is 19.3 Å². The topological polar surface area (TPSA) is 47.6 Å². The van der Waals surface area contributed by atoms with Crippen molar-refractivity contribution in [2.75, 3.05) is 39.8 Å². The van der Waals surface area contributed by atoms with Crippen molar-refractivity contribution >= 4 is 6.03 Å². The van der Waals surface area contributed by atoms with Crippen LogP contribution in [0, 0.1) is 5.92 Å². The van der Waals surface area contributed by atoms with Crippen LogP contribution in [-0.2, 0) is 0 Å². The molecule has 0 saturated carbocycles. The van der Waals surface area contributed by atoms with Crippen molar-refractivity contribution in [2.24, 2.45) is 5.92 Å². The molecule has 0 aromatic carbocycles. The zero-order chi connectivity index (χ0) is 12.5. The first-order chi connectivity index (χ1) is 8.74. The molecule has 5 heteroatoms. The number of carbonyl (C=O) groups is 1. The number of hydrogen-bond acceptors (Lipinski definition) is 3. The Bertz CT molecular complexity index is 316. The van der Waals surface area contributed by atoms with Crippen molar-refractivity contribution in [1.29, 1.82) is 0 Å². The molecule has 3 rings (SSSR count). The number of piperidine rings is 1.